The Morgan fingerprint density at radius 2 is 1.74 bits per heavy atom. The average Bonchev–Trinajstić information content (AvgIpc) is 2.32. The van der Waals surface area contributed by atoms with Crippen LogP contribution in [0.5, 0.6) is 0 Å². The highest BCUT2D eigenvalue weighted by molar-refractivity contribution is 5.95. The minimum atomic E-state index is -5.08. The number of amides is 2. The Balaban J connectivity index is 0. The van der Waals surface area contributed by atoms with Crippen molar-refractivity contribution >= 4 is 17.8 Å². The molecular formula is C9H12F3N3O4. The van der Waals surface area contributed by atoms with Gasteiger partial charge in [0.1, 0.15) is 0 Å². The Morgan fingerprint density at radius 1 is 1.26 bits per heavy atom. The first kappa shape index (κ1) is 19.1. The van der Waals surface area contributed by atoms with E-state index in [1.165, 1.54) is 0 Å². The van der Waals surface area contributed by atoms with Gasteiger partial charge in [-0.1, -0.05) is 0 Å². The van der Waals surface area contributed by atoms with Crippen molar-refractivity contribution in [2.45, 2.75) is 6.18 Å². The number of nitrogens with one attached hydrogen (secondary N) is 2. The number of hydrogen-bond acceptors (Lipinski definition) is 4. The molecule has 0 aromatic rings. The van der Waals surface area contributed by atoms with Crippen LogP contribution in [0.25, 0.3) is 0 Å². The number of hydrogen-bond donors (Lipinski definition) is 4. The molecule has 0 rings (SSSR count). The summed E-state index contributed by atoms with van der Waals surface area (Å²) in [6, 6.07) is 0. The number of nitrogens with two attached hydrogens (primary N) is 1. The van der Waals surface area contributed by atoms with Crippen molar-refractivity contribution in [3.05, 3.63) is 0 Å². The molecule has 108 valence electrons. The van der Waals surface area contributed by atoms with Gasteiger partial charge < -0.3 is 21.5 Å². The fourth-order valence-corrected chi connectivity index (χ4v) is 0.486. The van der Waals surface area contributed by atoms with Crippen LogP contribution in [-0.2, 0) is 14.4 Å². The summed E-state index contributed by atoms with van der Waals surface area (Å²) in [6.45, 7) is 0.655. The number of aliphatic carboxylic acids is 1. The first-order chi connectivity index (χ1) is 8.65. The number of carbonyl (C=O) groups is 3. The predicted molar refractivity (Wildman–Crippen MR) is 57.6 cm³/mol. The Kier molecular flexibility index (Phi) is 9.76. The van der Waals surface area contributed by atoms with Gasteiger partial charge in [-0.3, -0.25) is 9.59 Å². The SMILES string of the molecule is C#CC(=O)NCC(=O)NCCN.O=C(O)C(F)(F)F. The number of halogens is 3. The lowest BCUT2D eigenvalue weighted by atomic mass is 10.5. The third kappa shape index (κ3) is 13.7. The Bertz CT molecular complexity index is 363. The minimum absolute atomic E-state index is 0.108. The van der Waals surface area contributed by atoms with Crippen LogP contribution in [0, 0.1) is 12.3 Å². The lowest BCUT2D eigenvalue weighted by Gasteiger charge is -2.02. The number of terminal acetylenes is 1. The van der Waals surface area contributed by atoms with E-state index in [0.717, 1.165) is 0 Å². The van der Waals surface area contributed by atoms with Crippen LogP contribution in [0.3, 0.4) is 0 Å². The Hall–Kier alpha value is -2.28. The van der Waals surface area contributed by atoms with Gasteiger partial charge in [0.25, 0.3) is 5.91 Å². The maximum absolute atomic E-state index is 10.8. The number of carbonyl (C=O) groups excluding carboxylic acids is 2. The van der Waals surface area contributed by atoms with Gasteiger partial charge >= 0.3 is 12.1 Å². The average molecular weight is 283 g/mol. The summed E-state index contributed by atoms with van der Waals surface area (Å²) in [6.07, 6.45) is -0.339. The van der Waals surface area contributed by atoms with Crippen LogP contribution < -0.4 is 16.4 Å². The molecule has 0 aliphatic heterocycles. The van der Waals surface area contributed by atoms with Crippen molar-refractivity contribution < 1.29 is 32.7 Å². The van der Waals surface area contributed by atoms with Gasteiger partial charge in [-0.05, 0) is 5.92 Å². The quantitative estimate of drug-likeness (QED) is 0.465. The van der Waals surface area contributed by atoms with E-state index in [9.17, 15) is 22.8 Å². The third-order valence-electron chi connectivity index (χ3n) is 1.25. The molecule has 0 bridgehead atoms. The van der Waals surface area contributed by atoms with Crippen LogP contribution in [0.15, 0.2) is 0 Å². The van der Waals surface area contributed by atoms with Gasteiger partial charge in [0.15, 0.2) is 0 Å². The van der Waals surface area contributed by atoms with Gasteiger partial charge in [-0.15, -0.1) is 6.42 Å². The van der Waals surface area contributed by atoms with Crippen LogP contribution >= 0.6 is 0 Å². The Labute approximate surface area is 106 Å². The van der Waals surface area contributed by atoms with E-state index in [1.807, 2.05) is 5.92 Å². The van der Waals surface area contributed by atoms with Crippen molar-refractivity contribution in [2.24, 2.45) is 5.73 Å². The predicted octanol–water partition coefficient (Wildman–Crippen LogP) is -1.56. The highest BCUT2D eigenvalue weighted by atomic mass is 19.4. The molecule has 19 heavy (non-hydrogen) atoms. The third-order valence-corrected chi connectivity index (χ3v) is 1.25. The summed E-state index contributed by atoms with van der Waals surface area (Å²) in [5.41, 5.74) is 5.12. The monoisotopic (exact) mass is 283 g/mol. The minimum Gasteiger partial charge on any atom is -0.475 e. The molecule has 0 aliphatic carbocycles. The van der Waals surface area contributed by atoms with E-state index >= 15 is 0 Å². The molecule has 2 amide bonds. The molecule has 5 N–H and O–H groups in total. The van der Waals surface area contributed by atoms with E-state index in [2.05, 4.69) is 10.6 Å². The summed E-state index contributed by atoms with van der Waals surface area (Å²) in [5.74, 6) is -1.84. The topological polar surface area (TPSA) is 122 Å². The first-order valence-electron chi connectivity index (χ1n) is 4.66. The molecule has 7 nitrogen and oxygen atoms in total. The molecular weight excluding hydrogens is 271 g/mol. The van der Waals surface area contributed by atoms with E-state index in [-0.39, 0.29) is 12.5 Å². The maximum atomic E-state index is 10.8. The summed E-state index contributed by atoms with van der Waals surface area (Å²) < 4.78 is 31.7. The van der Waals surface area contributed by atoms with Crippen molar-refractivity contribution in [1.82, 2.24) is 10.6 Å². The van der Waals surface area contributed by atoms with Gasteiger partial charge in [0.05, 0.1) is 6.54 Å². The van der Waals surface area contributed by atoms with E-state index < -0.39 is 18.1 Å². The normalized spacial score (nSPS) is 9.42. The first-order valence-corrected chi connectivity index (χ1v) is 4.66. The van der Waals surface area contributed by atoms with Gasteiger partial charge in [-0.25, -0.2) is 4.79 Å². The van der Waals surface area contributed by atoms with Gasteiger partial charge in [-0.2, -0.15) is 13.2 Å². The van der Waals surface area contributed by atoms with E-state index in [1.54, 1.807) is 0 Å². The molecule has 0 aromatic heterocycles. The van der Waals surface area contributed by atoms with Crippen molar-refractivity contribution in [3.8, 4) is 12.3 Å². The fraction of sp³-hybridized carbons (Fsp3) is 0.444. The zero-order valence-electron chi connectivity index (χ0n) is 9.58. The molecule has 0 aliphatic rings. The maximum Gasteiger partial charge on any atom is 0.490 e. The van der Waals surface area contributed by atoms with Crippen LogP contribution in [-0.4, -0.2) is 48.7 Å². The van der Waals surface area contributed by atoms with E-state index in [0.29, 0.717) is 13.1 Å². The molecule has 0 atom stereocenters. The van der Waals surface area contributed by atoms with Crippen molar-refractivity contribution in [2.75, 3.05) is 19.6 Å². The highest BCUT2D eigenvalue weighted by Gasteiger charge is 2.38. The lowest BCUT2D eigenvalue weighted by Crippen LogP contribution is -2.38. The molecule has 0 saturated carbocycles. The lowest BCUT2D eigenvalue weighted by molar-refractivity contribution is -0.192. The summed E-state index contributed by atoms with van der Waals surface area (Å²) in [4.78, 5) is 30.1. The number of rotatable bonds is 4. The largest absolute Gasteiger partial charge is 0.490 e. The molecule has 0 heterocycles. The second-order valence-electron chi connectivity index (χ2n) is 2.77. The van der Waals surface area contributed by atoms with Gasteiger partial charge in [0.2, 0.25) is 5.91 Å². The molecule has 0 unspecified atom stereocenters. The van der Waals surface area contributed by atoms with Crippen molar-refractivity contribution in [3.63, 3.8) is 0 Å². The zero-order valence-corrected chi connectivity index (χ0v) is 9.58. The second kappa shape index (κ2) is 9.72. The smallest absolute Gasteiger partial charge is 0.475 e. The number of carboxylic acids is 1. The molecule has 0 fully saturated rings. The number of alkyl halides is 3. The molecule has 0 saturated heterocycles. The zero-order chi connectivity index (χ0) is 15.5. The molecule has 0 aromatic carbocycles. The Morgan fingerprint density at radius 3 is 2.05 bits per heavy atom. The summed E-state index contributed by atoms with van der Waals surface area (Å²) in [5, 5.41) is 11.8. The summed E-state index contributed by atoms with van der Waals surface area (Å²) in [7, 11) is 0. The van der Waals surface area contributed by atoms with Crippen LogP contribution in [0.2, 0.25) is 0 Å². The number of carboxylic acid groups (broad SMARTS) is 1. The standard InChI is InChI=1S/C7H11N3O2.C2HF3O2/c1-2-6(11)10-5-7(12)9-4-3-8;3-2(4,5)1(6)7/h1H,3-5,8H2,(H,9,12)(H,10,11);(H,6,7). The second-order valence-corrected chi connectivity index (χ2v) is 2.77. The van der Waals surface area contributed by atoms with Crippen molar-refractivity contribution in [1.29, 1.82) is 0 Å². The highest BCUT2D eigenvalue weighted by Crippen LogP contribution is 2.13. The van der Waals surface area contributed by atoms with Crippen LogP contribution in [0.1, 0.15) is 0 Å². The fourth-order valence-electron chi connectivity index (χ4n) is 0.486. The summed E-state index contributed by atoms with van der Waals surface area (Å²) >= 11 is 0. The molecule has 0 radical (unpaired) electrons. The van der Waals surface area contributed by atoms with E-state index in [4.69, 9.17) is 22.1 Å². The van der Waals surface area contributed by atoms with Crippen LogP contribution in [0.4, 0.5) is 13.2 Å². The van der Waals surface area contributed by atoms with Gasteiger partial charge in [0, 0.05) is 13.1 Å². The molecule has 0 spiro atoms. The molecule has 10 heteroatoms.